The van der Waals surface area contributed by atoms with Gasteiger partial charge >= 0.3 is 0 Å². The smallest absolute Gasteiger partial charge is 0.223 e. The Hall–Kier alpha value is -0.980. The molecule has 1 amide bonds. The van der Waals surface area contributed by atoms with Gasteiger partial charge in [-0.2, -0.15) is 0 Å². The SMILES string of the molecule is CNC(=O)[C@@H]1CCO[C@@H]2CCN(Cc3scnc3C)C[C@@H]21. The van der Waals surface area contributed by atoms with Crippen LogP contribution in [0.1, 0.15) is 23.4 Å². The second-order valence-corrected chi connectivity index (χ2v) is 6.91. The zero-order valence-corrected chi connectivity index (χ0v) is 13.5. The summed E-state index contributed by atoms with van der Waals surface area (Å²) in [6, 6.07) is 0. The second-order valence-electron chi connectivity index (χ2n) is 5.97. The molecule has 0 saturated carbocycles. The summed E-state index contributed by atoms with van der Waals surface area (Å²) in [6.07, 6.45) is 2.12. The molecule has 1 N–H and O–H groups in total. The summed E-state index contributed by atoms with van der Waals surface area (Å²) in [5.74, 6) is 0.587. The van der Waals surface area contributed by atoms with E-state index < -0.39 is 0 Å². The summed E-state index contributed by atoms with van der Waals surface area (Å²) in [5.41, 5.74) is 3.04. The van der Waals surface area contributed by atoms with Crippen molar-refractivity contribution in [1.82, 2.24) is 15.2 Å². The number of thiazole rings is 1. The fourth-order valence-electron chi connectivity index (χ4n) is 3.52. The Morgan fingerprint density at radius 1 is 1.57 bits per heavy atom. The van der Waals surface area contributed by atoms with Crippen LogP contribution in [0.2, 0.25) is 0 Å². The molecule has 5 nitrogen and oxygen atoms in total. The molecule has 2 aliphatic heterocycles. The van der Waals surface area contributed by atoms with Crippen LogP contribution in [0.25, 0.3) is 0 Å². The van der Waals surface area contributed by atoms with Gasteiger partial charge in [-0.25, -0.2) is 4.98 Å². The van der Waals surface area contributed by atoms with Crippen molar-refractivity contribution in [2.75, 3.05) is 26.7 Å². The van der Waals surface area contributed by atoms with Gasteiger partial charge in [-0.1, -0.05) is 0 Å². The van der Waals surface area contributed by atoms with Gasteiger partial charge in [0, 0.05) is 50.0 Å². The van der Waals surface area contributed by atoms with Crippen molar-refractivity contribution in [2.24, 2.45) is 11.8 Å². The highest BCUT2D eigenvalue weighted by atomic mass is 32.1. The van der Waals surface area contributed by atoms with Crippen LogP contribution in [-0.4, -0.2) is 48.6 Å². The van der Waals surface area contributed by atoms with Crippen molar-refractivity contribution in [3.05, 3.63) is 16.1 Å². The van der Waals surface area contributed by atoms with Crippen LogP contribution in [0, 0.1) is 18.8 Å². The molecule has 1 aromatic rings. The third-order valence-electron chi connectivity index (χ3n) is 4.75. The van der Waals surface area contributed by atoms with Gasteiger partial charge in [-0.05, 0) is 19.8 Å². The summed E-state index contributed by atoms with van der Waals surface area (Å²) >= 11 is 1.72. The Bertz CT molecular complexity index is 505. The first-order valence-corrected chi connectivity index (χ1v) is 8.51. The van der Waals surface area contributed by atoms with E-state index in [1.165, 1.54) is 4.88 Å². The van der Waals surface area contributed by atoms with Crippen LogP contribution in [0.4, 0.5) is 0 Å². The number of hydrogen-bond donors (Lipinski definition) is 1. The molecule has 21 heavy (non-hydrogen) atoms. The van der Waals surface area contributed by atoms with Crippen LogP contribution >= 0.6 is 11.3 Å². The number of ether oxygens (including phenoxy) is 1. The normalized spacial score (nSPS) is 29.9. The number of rotatable bonds is 3. The van der Waals surface area contributed by atoms with Crippen molar-refractivity contribution in [3.8, 4) is 0 Å². The van der Waals surface area contributed by atoms with Crippen LogP contribution in [0.3, 0.4) is 0 Å². The molecule has 3 rings (SSSR count). The number of likely N-dealkylation sites (tertiary alicyclic amines) is 1. The molecule has 0 unspecified atom stereocenters. The average molecular weight is 309 g/mol. The Kier molecular flexibility index (Phi) is 4.57. The monoisotopic (exact) mass is 309 g/mol. The highest BCUT2D eigenvalue weighted by molar-refractivity contribution is 7.09. The largest absolute Gasteiger partial charge is 0.378 e. The fraction of sp³-hybridized carbons (Fsp3) is 0.733. The number of amides is 1. The van der Waals surface area contributed by atoms with E-state index in [1.54, 1.807) is 18.4 Å². The Balaban J connectivity index is 1.68. The summed E-state index contributed by atoms with van der Waals surface area (Å²) < 4.78 is 5.90. The van der Waals surface area contributed by atoms with Gasteiger partial charge in [0.1, 0.15) is 0 Å². The molecule has 3 atom stereocenters. The number of carbonyl (C=O) groups excluding carboxylic acids is 1. The molecular weight excluding hydrogens is 286 g/mol. The molecule has 1 aromatic heterocycles. The number of aryl methyl sites for hydroxylation is 1. The maximum Gasteiger partial charge on any atom is 0.223 e. The fourth-order valence-corrected chi connectivity index (χ4v) is 4.34. The van der Waals surface area contributed by atoms with Gasteiger partial charge in [0.05, 0.1) is 17.3 Å². The molecular formula is C15H23N3O2S. The van der Waals surface area contributed by atoms with E-state index >= 15 is 0 Å². The number of hydrogen-bond acceptors (Lipinski definition) is 5. The van der Waals surface area contributed by atoms with Crippen molar-refractivity contribution < 1.29 is 9.53 Å². The summed E-state index contributed by atoms with van der Waals surface area (Å²) in [7, 11) is 1.73. The van der Waals surface area contributed by atoms with E-state index in [-0.39, 0.29) is 17.9 Å². The second kappa shape index (κ2) is 6.42. The Labute approximate surface area is 129 Å². The molecule has 3 heterocycles. The van der Waals surface area contributed by atoms with Crippen molar-refractivity contribution in [1.29, 1.82) is 0 Å². The molecule has 0 spiro atoms. The first-order valence-electron chi connectivity index (χ1n) is 7.63. The van der Waals surface area contributed by atoms with E-state index in [0.717, 1.165) is 38.2 Å². The highest BCUT2D eigenvalue weighted by Crippen LogP contribution is 2.34. The van der Waals surface area contributed by atoms with Gasteiger partial charge in [0.2, 0.25) is 5.91 Å². The van der Waals surface area contributed by atoms with Crippen molar-refractivity contribution in [2.45, 2.75) is 32.4 Å². The maximum atomic E-state index is 12.1. The standard InChI is InChI=1S/C15H23N3O2S/c1-10-14(21-9-17-10)8-18-5-3-13-12(7-18)11(4-6-20-13)15(19)16-2/h9,11-13H,3-8H2,1-2H3,(H,16,19)/t11-,12-,13-/m1/s1. The van der Waals surface area contributed by atoms with Gasteiger partial charge < -0.3 is 10.1 Å². The summed E-state index contributed by atoms with van der Waals surface area (Å²) in [6.45, 7) is 5.71. The predicted molar refractivity (Wildman–Crippen MR) is 82.1 cm³/mol. The van der Waals surface area contributed by atoms with Crippen molar-refractivity contribution >= 4 is 17.2 Å². The Morgan fingerprint density at radius 3 is 3.14 bits per heavy atom. The minimum absolute atomic E-state index is 0.0964. The molecule has 0 aromatic carbocycles. The van der Waals surface area contributed by atoms with Gasteiger partial charge in [0.25, 0.3) is 0 Å². The number of fused-ring (bicyclic) bond motifs is 1. The quantitative estimate of drug-likeness (QED) is 0.917. The van der Waals surface area contributed by atoms with E-state index in [9.17, 15) is 4.79 Å². The van der Waals surface area contributed by atoms with Crippen LogP contribution in [-0.2, 0) is 16.1 Å². The molecule has 116 valence electrons. The molecule has 0 radical (unpaired) electrons. The lowest BCUT2D eigenvalue weighted by Gasteiger charge is -2.44. The predicted octanol–water partition coefficient (Wildman–Crippen LogP) is 1.42. The summed E-state index contributed by atoms with van der Waals surface area (Å²) in [4.78, 5) is 20.2. The first-order chi connectivity index (χ1) is 10.2. The minimum Gasteiger partial charge on any atom is -0.378 e. The molecule has 0 bridgehead atoms. The van der Waals surface area contributed by atoms with Crippen LogP contribution < -0.4 is 5.32 Å². The highest BCUT2D eigenvalue weighted by Gasteiger charge is 2.41. The number of piperidine rings is 1. The van der Waals surface area contributed by atoms with Gasteiger partial charge in [-0.3, -0.25) is 9.69 Å². The van der Waals surface area contributed by atoms with E-state index in [0.29, 0.717) is 12.5 Å². The molecule has 2 saturated heterocycles. The topological polar surface area (TPSA) is 54.5 Å². The third kappa shape index (κ3) is 3.12. The van der Waals surface area contributed by atoms with Gasteiger partial charge in [-0.15, -0.1) is 11.3 Å². The minimum atomic E-state index is 0.0964. The van der Waals surface area contributed by atoms with E-state index in [1.807, 2.05) is 5.51 Å². The third-order valence-corrected chi connectivity index (χ3v) is 5.67. The Morgan fingerprint density at radius 2 is 2.43 bits per heavy atom. The zero-order chi connectivity index (χ0) is 14.8. The summed E-state index contributed by atoms with van der Waals surface area (Å²) in [5, 5.41) is 2.82. The van der Waals surface area contributed by atoms with E-state index in [2.05, 4.69) is 22.1 Å². The van der Waals surface area contributed by atoms with Crippen molar-refractivity contribution in [3.63, 3.8) is 0 Å². The van der Waals surface area contributed by atoms with E-state index in [4.69, 9.17) is 4.74 Å². The lowest BCUT2D eigenvalue weighted by molar-refractivity contribution is -0.141. The lowest BCUT2D eigenvalue weighted by Crippen LogP contribution is -2.52. The van der Waals surface area contributed by atoms with Gasteiger partial charge in [0.15, 0.2) is 0 Å². The molecule has 6 heteroatoms. The maximum absolute atomic E-state index is 12.1. The average Bonchev–Trinajstić information content (AvgIpc) is 2.91. The van der Waals surface area contributed by atoms with Crippen LogP contribution in [0.15, 0.2) is 5.51 Å². The lowest BCUT2D eigenvalue weighted by atomic mass is 9.79. The number of aromatic nitrogens is 1. The molecule has 2 fully saturated rings. The number of nitrogens with one attached hydrogen (secondary N) is 1. The first kappa shape index (κ1) is 14.9. The zero-order valence-electron chi connectivity index (χ0n) is 12.7. The number of nitrogens with zero attached hydrogens (tertiary/aromatic N) is 2. The molecule has 2 aliphatic rings. The number of carbonyl (C=O) groups is 1. The molecule has 0 aliphatic carbocycles. The van der Waals surface area contributed by atoms with Crippen LogP contribution in [0.5, 0.6) is 0 Å².